The zero-order valence-corrected chi connectivity index (χ0v) is 15.1. The van der Waals surface area contributed by atoms with Gasteiger partial charge in [-0.2, -0.15) is 0 Å². The Labute approximate surface area is 157 Å². The second kappa shape index (κ2) is 7.24. The number of benzene rings is 2. The van der Waals surface area contributed by atoms with Crippen LogP contribution in [0.15, 0.2) is 48.5 Å². The van der Waals surface area contributed by atoms with E-state index >= 15 is 0 Å². The molecule has 1 fully saturated rings. The number of Topliss-reactive ketones (excluding diaryl/α,β-unsaturated/α-hetero) is 1. The summed E-state index contributed by atoms with van der Waals surface area (Å²) in [6.45, 7) is 2.45. The monoisotopic (exact) mass is 367 g/mol. The lowest BCUT2D eigenvalue weighted by Gasteiger charge is -2.37. The van der Waals surface area contributed by atoms with Crippen LogP contribution in [0.4, 0.5) is 4.39 Å². The van der Waals surface area contributed by atoms with Gasteiger partial charge in [0.05, 0.1) is 5.41 Å². The molecule has 0 radical (unpaired) electrons. The van der Waals surface area contributed by atoms with Crippen molar-refractivity contribution >= 4 is 11.8 Å². The standard InChI is InChI=1S/C22H22FNO3/c23-17-9-7-16(8-10-17)19(25)5-3-13-24-14-11-22(12-15-24)18-4-1-2-6-20(18)27-21(22)26/h1-2,4,6-10H,3,5,11-15H2. The van der Waals surface area contributed by atoms with E-state index in [1.54, 1.807) is 0 Å². The van der Waals surface area contributed by atoms with Crippen molar-refractivity contribution in [3.05, 3.63) is 65.5 Å². The fourth-order valence-corrected chi connectivity index (χ4v) is 4.13. The van der Waals surface area contributed by atoms with Crippen LogP contribution in [0, 0.1) is 5.82 Å². The highest BCUT2D eigenvalue weighted by Gasteiger charge is 2.50. The lowest BCUT2D eigenvalue weighted by molar-refractivity contribution is -0.140. The van der Waals surface area contributed by atoms with Gasteiger partial charge >= 0.3 is 5.97 Å². The molecule has 0 N–H and O–H groups in total. The van der Waals surface area contributed by atoms with E-state index in [9.17, 15) is 14.0 Å². The minimum Gasteiger partial charge on any atom is -0.426 e. The summed E-state index contributed by atoms with van der Waals surface area (Å²) < 4.78 is 18.4. The number of halogens is 1. The summed E-state index contributed by atoms with van der Waals surface area (Å²) >= 11 is 0. The molecule has 0 aliphatic carbocycles. The van der Waals surface area contributed by atoms with E-state index in [1.807, 2.05) is 24.3 Å². The van der Waals surface area contributed by atoms with Gasteiger partial charge in [-0.25, -0.2) is 4.39 Å². The molecule has 0 atom stereocenters. The Balaban J connectivity index is 1.30. The number of carbonyl (C=O) groups is 2. The normalized spacial score (nSPS) is 18.3. The van der Waals surface area contributed by atoms with Crippen molar-refractivity contribution < 1.29 is 18.7 Å². The zero-order valence-electron chi connectivity index (χ0n) is 15.1. The number of carbonyl (C=O) groups excluding carboxylic acids is 2. The Bertz CT molecular complexity index is 854. The van der Waals surface area contributed by atoms with Crippen LogP contribution in [-0.4, -0.2) is 36.3 Å². The Morgan fingerprint density at radius 2 is 1.78 bits per heavy atom. The zero-order chi connectivity index (χ0) is 18.9. The second-order valence-electron chi connectivity index (χ2n) is 7.34. The largest absolute Gasteiger partial charge is 0.426 e. The van der Waals surface area contributed by atoms with Crippen molar-refractivity contribution in [2.45, 2.75) is 31.1 Å². The Kier molecular flexibility index (Phi) is 4.79. The maximum absolute atomic E-state index is 12.9. The summed E-state index contributed by atoms with van der Waals surface area (Å²) in [7, 11) is 0. The van der Waals surface area contributed by atoms with Crippen LogP contribution in [0.2, 0.25) is 0 Å². The number of nitrogens with zero attached hydrogens (tertiary/aromatic N) is 1. The maximum Gasteiger partial charge on any atom is 0.322 e. The molecule has 0 unspecified atom stereocenters. The third-order valence-electron chi connectivity index (χ3n) is 5.75. The molecule has 2 aromatic carbocycles. The smallest absolute Gasteiger partial charge is 0.322 e. The first-order valence-corrected chi connectivity index (χ1v) is 9.41. The summed E-state index contributed by atoms with van der Waals surface area (Å²) in [5, 5.41) is 0. The van der Waals surface area contributed by atoms with Crippen molar-refractivity contribution in [3.63, 3.8) is 0 Å². The summed E-state index contributed by atoms with van der Waals surface area (Å²) in [6.07, 6.45) is 2.69. The quantitative estimate of drug-likeness (QED) is 0.459. The number of fused-ring (bicyclic) bond motifs is 2. The number of likely N-dealkylation sites (tertiary alicyclic amines) is 1. The molecule has 4 nitrogen and oxygen atoms in total. The van der Waals surface area contributed by atoms with E-state index in [1.165, 1.54) is 24.3 Å². The van der Waals surface area contributed by atoms with Crippen molar-refractivity contribution in [3.8, 4) is 5.75 Å². The summed E-state index contributed by atoms with van der Waals surface area (Å²) in [5.41, 5.74) is 1.07. The molecule has 2 aromatic rings. The van der Waals surface area contributed by atoms with Gasteiger partial charge in [0.25, 0.3) is 0 Å². The number of esters is 1. The van der Waals surface area contributed by atoms with Crippen LogP contribution in [0.25, 0.3) is 0 Å². The second-order valence-corrected chi connectivity index (χ2v) is 7.34. The molecule has 1 spiro atoms. The molecule has 4 rings (SSSR count). The van der Waals surface area contributed by atoms with Crippen LogP contribution in [0.3, 0.4) is 0 Å². The Morgan fingerprint density at radius 1 is 1.07 bits per heavy atom. The molecule has 2 aliphatic heterocycles. The van der Waals surface area contributed by atoms with E-state index in [2.05, 4.69) is 4.90 Å². The average Bonchev–Trinajstić information content (AvgIpc) is 2.95. The van der Waals surface area contributed by atoms with Crippen LogP contribution >= 0.6 is 0 Å². The predicted molar refractivity (Wildman–Crippen MR) is 99.4 cm³/mol. The van der Waals surface area contributed by atoms with E-state index in [4.69, 9.17) is 4.74 Å². The third kappa shape index (κ3) is 3.39. The van der Waals surface area contributed by atoms with Crippen LogP contribution in [0.5, 0.6) is 5.75 Å². The van der Waals surface area contributed by atoms with Gasteiger partial charge in [0.2, 0.25) is 0 Å². The number of hydrogen-bond acceptors (Lipinski definition) is 4. The van der Waals surface area contributed by atoms with Gasteiger partial charge in [-0.05, 0) is 69.2 Å². The predicted octanol–water partition coefficient (Wildman–Crippen LogP) is 3.74. The maximum atomic E-state index is 12.9. The molecular weight excluding hydrogens is 345 g/mol. The first-order chi connectivity index (χ1) is 13.1. The van der Waals surface area contributed by atoms with E-state index < -0.39 is 5.41 Å². The molecule has 27 heavy (non-hydrogen) atoms. The highest BCUT2D eigenvalue weighted by molar-refractivity contribution is 5.96. The molecular formula is C22H22FNO3. The van der Waals surface area contributed by atoms with Crippen molar-refractivity contribution in [2.24, 2.45) is 0 Å². The number of rotatable bonds is 5. The number of ether oxygens (including phenoxy) is 1. The molecule has 140 valence electrons. The van der Waals surface area contributed by atoms with E-state index in [-0.39, 0.29) is 17.6 Å². The van der Waals surface area contributed by atoms with Crippen molar-refractivity contribution in [1.82, 2.24) is 4.90 Å². The fourth-order valence-electron chi connectivity index (χ4n) is 4.13. The molecule has 5 heteroatoms. The lowest BCUT2D eigenvalue weighted by Crippen LogP contribution is -2.46. The average molecular weight is 367 g/mol. The minimum atomic E-state index is -0.503. The number of para-hydroxylation sites is 1. The van der Waals surface area contributed by atoms with E-state index in [0.717, 1.165) is 44.5 Å². The van der Waals surface area contributed by atoms with Gasteiger partial charge in [-0.3, -0.25) is 9.59 Å². The summed E-state index contributed by atoms with van der Waals surface area (Å²) in [5.74, 6) is 0.272. The van der Waals surface area contributed by atoms with Gasteiger partial charge in [-0.1, -0.05) is 18.2 Å². The third-order valence-corrected chi connectivity index (χ3v) is 5.75. The van der Waals surface area contributed by atoms with Crippen LogP contribution < -0.4 is 4.74 Å². The molecule has 2 aliphatic rings. The summed E-state index contributed by atoms with van der Waals surface area (Å²) in [6, 6.07) is 13.4. The Morgan fingerprint density at radius 3 is 2.52 bits per heavy atom. The first kappa shape index (κ1) is 17.9. The number of piperidine rings is 1. The highest BCUT2D eigenvalue weighted by Crippen LogP contribution is 2.46. The molecule has 1 saturated heterocycles. The first-order valence-electron chi connectivity index (χ1n) is 9.41. The van der Waals surface area contributed by atoms with Gasteiger partial charge < -0.3 is 9.64 Å². The highest BCUT2D eigenvalue weighted by atomic mass is 19.1. The van der Waals surface area contributed by atoms with Gasteiger partial charge in [0.15, 0.2) is 5.78 Å². The van der Waals surface area contributed by atoms with Gasteiger partial charge in [-0.15, -0.1) is 0 Å². The van der Waals surface area contributed by atoms with Gasteiger partial charge in [0.1, 0.15) is 11.6 Å². The SMILES string of the molecule is O=C(CCCN1CCC2(CC1)C(=O)Oc1ccccc12)c1ccc(F)cc1. The van der Waals surface area contributed by atoms with Crippen molar-refractivity contribution in [1.29, 1.82) is 0 Å². The van der Waals surface area contributed by atoms with E-state index in [0.29, 0.717) is 17.7 Å². The van der Waals surface area contributed by atoms with Crippen LogP contribution in [0.1, 0.15) is 41.6 Å². The fraction of sp³-hybridized carbons (Fsp3) is 0.364. The lowest BCUT2D eigenvalue weighted by atomic mass is 9.74. The molecule has 0 saturated carbocycles. The topological polar surface area (TPSA) is 46.6 Å². The summed E-state index contributed by atoms with van der Waals surface area (Å²) in [4.78, 5) is 27.0. The molecule has 0 bridgehead atoms. The molecule has 2 heterocycles. The minimum absolute atomic E-state index is 0.0387. The molecule has 0 amide bonds. The molecule has 0 aromatic heterocycles. The van der Waals surface area contributed by atoms with Gasteiger partial charge in [0, 0.05) is 17.5 Å². The Hall–Kier alpha value is -2.53. The number of hydrogen-bond donors (Lipinski definition) is 0. The van der Waals surface area contributed by atoms with Crippen LogP contribution in [-0.2, 0) is 10.2 Å². The number of ketones is 1. The van der Waals surface area contributed by atoms with Crippen molar-refractivity contribution in [2.75, 3.05) is 19.6 Å².